The third-order valence-electron chi connectivity index (χ3n) is 10.1. The minimum atomic E-state index is 0.492. The molecule has 0 aliphatic heterocycles. The van der Waals surface area contributed by atoms with Crippen molar-refractivity contribution in [3.8, 4) is 102 Å². The molecule has 5 aromatic carbocycles. The quantitative estimate of drug-likeness (QED) is 0.143. The summed E-state index contributed by atoms with van der Waals surface area (Å²) < 4.78 is 0. The van der Waals surface area contributed by atoms with Crippen molar-refractivity contribution in [3.63, 3.8) is 0 Å². The molecule has 282 valence electrons. The van der Waals surface area contributed by atoms with Crippen molar-refractivity contribution >= 4 is 0 Å². The van der Waals surface area contributed by atoms with Crippen molar-refractivity contribution in [2.24, 2.45) is 0 Å². The lowest BCUT2D eigenvalue weighted by molar-refractivity contribution is 1.07. The minimum Gasteiger partial charge on any atom is -0.255 e. The molecule has 0 aliphatic rings. The maximum absolute atomic E-state index is 5.28. The number of nitrogens with zero attached hydrogens (tertiary/aromatic N) is 8. The van der Waals surface area contributed by atoms with Gasteiger partial charge in [0.05, 0.1) is 34.2 Å². The number of hydrogen-bond donors (Lipinski definition) is 0. The first-order valence-electron chi connectivity index (χ1n) is 19.6. The van der Waals surface area contributed by atoms with E-state index in [2.05, 4.69) is 36.4 Å². The summed E-state index contributed by atoms with van der Waals surface area (Å²) in [7, 11) is 0. The zero-order chi connectivity index (χ0) is 40.1. The van der Waals surface area contributed by atoms with Crippen LogP contribution in [0.4, 0.5) is 0 Å². The number of aromatic nitrogens is 8. The van der Waals surface area contributed by atoms with Gasteiger partial charge in [-0.15, -0.1) is 0 Å². The number of rotatable bonds is 9. The Morgan fingerprint density at radius 3 is 1.28 bits per heavy atom. The Labute approximate surface area is 347 Å². The van der Waals surface area contributed by atoms with Crippen molar-refractivity contribution in [1.29, 1.82) is 0 Å². The van der Waals surface area contributed by atoms with E-state index in [9.17, 15) is 0 Å². The van der Waals surface area contributed by atoms with Gasteiger partial charge >= 0.3 is 0 Å². The Bertz CT molecular complexity index is 2960. The van der Waals surface area contributed by atoms with Gasteiger partial charge in [0, 0.05) is 45.8 Å². The fourth-order valence-corrected chi connectivity index (χ4v) is 7.10. The molecule has 8 nitrogen and oxygen atoms in total. The monoisotopic (exact) mass is 770 g/mol. The van der Waals surface area contributed by atoms with Crippen LogP contribution in [0.1, 0.15) is 0 Å². The summed E-state index contributed by atoms with van der Waals surface area (Å²) in [5.74, 6) is 2.27. The Morgan fingerprint density at radius 1 is 0.233 bits per heavy atom. The summed E-state index contributed by atoms with van der Waals surface area (Å²) in [5, 5.41) is 0. The predicted octanol–water partition coefficient (Wildman–Crippen LogP) is 11.8. The Balaban J connectivity index is 1.13. The van der Waals surface area contributed by atoms with Gasteiger partial charge in [-0.25, -0.2) is 29.9 Å². The maximum Gasteiger partial charge on any atom is 0.166 e. The van der Waals surface area contributed by atoms with Gasteiger partial charge < -0.3 is 0 Å². The smallest absolute Gasteiger partial charge is 0.166 e. The summed E-state index contributed by atoms with van der Waals surface area (Å²) >= 11 is 0. The molecular formula is C52H34N8. The fourth-order valence-electron chi connectivity index (χ4n) is 7.10. The van der Waals surface area contributed by atoms with Gasteiger partial charge in [-0.2, -0.15) is 0 Å². The molecule has 0 radical (unpaired) electrons. The van der Waals surface area contributed by atoms with Crippen LogP contribution >= 0.6 is 0 Å². The molecule has 0 spiro atoms. The summed E-state index contributed by atoms with van der Waals surface area (Å²) in [4.78, 5) is 40.2. The predicted molar refractivity (Wildman–Crippen MR) is 238 cm³/mol. The van der Waals surface area contributed by atoms with E-state index in [1.54, 1.807) is 12.4 Å². The van der Waals surface area contributed by atoms with E-state index in [-0.39, 0.29) is 0 Å². The van der Waals surface area contributed by atoms with E-state index in [1.807, 2.05) is 158 Å². The topological polar surface area (TPSA) is 103 Å². The lowest BCUT2D eigenvalue weighted by Crippen LogP contribution is -2.02. The van der Waals surface area contributed by atoms with Crippen LogP contribution in [-0.2, 0) is 0 Å². The normalized spacial score (nSPS) is 11.0. The molecule has 10 rings (SSSR count). The summed E-state index contributed by atoms with van der Waals surface area (Å²) in [6.45, 7) is 0. The van der Waals surface area contributed by atoms with Gasteiger partial charge in [0.15, 0.2) is 23.3 Å². The molecular weight excluding hydrogens is 737 g/mol. The van der Waals surface area contributed by atoms with Crippen molar-refractivity contribution in [3.05, 3.63) is 207 Å². The van der Waals surface area contributed by atoms with Gasteiger partial charge in [-0.05, 0) is 53.6 Å². The average molecular weight is 771 g/mol. The average Bonchev–Trinajstić information content (AvgIpc) is 3.35. The Hall–Kier alpha value is -8.36. The van der Waals surface area contributed by atoms with Crippen LogP contribution < -0.4 is 0 Å². The highest BCUT2D eigenvalue weighted by Gasteiger charge is 2.20. The van der Waals surface area contributed by atoms with Crippen LogP contribution in [0, 0.1) is 0 Å². The lowest BCUT2D eigenvalue weighted by Gasteiger charge is -2.14. The number of benzene rings is 5. The number of hydrogen-bond acceptors (Lipinski definition) is 8. The molecule has 5 heterocycles. The van der Waals surface area contributed by atoms with Gasteiger partial charge in [0.25, 0.3) is 0 Å². The first kappa shape index (κ1) is 36.0. The standard InChI is InChI=1S/C52H34N8/c1-6-17-35(18-7-1)41-32-46(45-31-40(28-30-53-45)44-34-43(36-19-8-2-9-20-36)56-49(57-44)37-21-10-3-11-22-37)55-47(33-41)48-42(27-16-29-54-48)52-59-50(38-23-12-4-13-24-38)58-51(60-52)39-25-14-5-15-26-39/h1-34H. The van der Waals surface area contributed by atoms with Crippen molar-refractivity contribution in [2.45, 2.75) is 0 Å². The molecule has 0 saturated heterocycles. The lowest BCUT2D eigenvalue weighted by atomic mass is 10.0. The first-order chi connectivity index (χ1) is 29.7. The van der Waals surface area contributed by atoms with Crippen LogP contribution in [-0.4, -0.2) is 39.9 Å². The molecule has 0 saturated carbocycles. The molecule has 0 unspecified atom stereocenters. The third-order valence-corrected chi connectivity index (χ3v) is 10.1. The third kappa shape index (κ3) is 7.56. The molecule has 0 N–H and O–H groups in total. The van der Waals surface area contributed by atoms with E-state index < -0.39 is 0 Å². The summed E-state index contributed by atoms with van der Waals surface area (Å²) in [6.07, 6.45) is 3.58. The minimum absolute atomic E-state index is 0.492. The highest BCUT2D eigenvalue weighted by molar-refractivity contribution is 5.82. The van der Waals surface area contributed by atoms with E-state index in [0.717, 1.165) is 55.9 Å². The van der Waals surface area contributed by atoms with Crippen molar-refractivity contribution < 1.29 is 0 Å². The molecule has 60 heavy (non-hydrogen) atoms. The summed E-state index contributed by atoms with van der Waals surface area (Å²) in [5.41, 5.74) is 11.6. The zero-order valence-corrected chi connectivity index (χ0v) is 32.2. The van der Waals surface area contributed by atoms with E-state index >= 15 is 0 Å². The second-order valence-corrected chi connectivity index (χ2v) is 14.1. The van der Waals surface area contributed by atoms with Crippen LogP contribution in [0.3, 0.4) is 0 Å². The first-order valence-corrected chi connectivity index (χ1v) is 19.6. The highest BCUT2D eigenvalue weighted by atomic mass is 15.0. The fraction of sp³-hybridized carbons (Fsp3) is 0. The Kier molecular flexibility index (Phi) is 9.75. The molecule has 0 fully saturated rings. The van der Waals surface area contributed by atoms with Crippen molar-refractivity contribution in [1.82, 2.24) is 39.9 Å². The highest BCUT2D eigenvalue weighted by Crippen LogP contribution is 2.35. The molecule has 10 aromatic rings. The zero-order valence-electron chi connectivity index (χ0n) is 32.2. The van der Waals surface area contributed by atoms with E-state index in [1.165, 1.54) is 0 Å². The molecule has 0 amide bonds. The van der Waals surface area contributed by atoms with Gasteiger partial charge in [0.1, 0.15) is 0 Å². The summed E-state index contributed by atoms with van der Waals surface area (Å²) in [6, 6.07) is 64.4. The molecule has 8 heteroatoms. The molecule has 0 atom stereocenters. The van der Waals surface area contributed by atoms with Crippen LogP contribution in [0.25, 0.3) is 102 Å². The maximum atomic E-state index is 5.28. The van der Waals surface area contributed by atoms with Crippen molar-refractivity contribution in [2.75, 3.05) is 0 Å². The van der Waals surface area contributed by atoms with Gasteiger partial charge in [0.2, 0.25) is 0 Å². The van der Waals surface area contributed by atoms with Crippen LogP contribution in [0.15, 0.2) is 207 Å². The van der Waals surface area contributed by atoms with E-state index in [4.69, 9.17) is 39.9 Å². The van der Waals surface area contributed by atoms with Crippen LogP contribution in [0.5, 0.6) is 0 Å². The largest absolute Gasteiger partial charge is 0.255 e. The number of pyridine rings is 3. The second-order valence-electron chi connectivity index (χ2n) is 14.1. The SMILES string of the molecule is c1ccc(-c2cc(-c3cc(-c4cc(-c5ccccc5)nc(-c5ccccc5)n4)ccn3)nc(-c3ncccc3-c3nc(-c4ccccc4)nc(-c4ccccc4)n3)c2)cc1. The molecule has 5 aromatic heterocycles. The Morgan fingerprint density at radius 2 is 0.700 bits per heavy atom. The molecule has 0 bridgehead atoms. The van der Waals surface area contributed by atoms with E-state index in [0.29, 0.717) is 46.1 Å². The second kappa shape index (κ2) is 16.2. The van der Waals surface area contributed by atoms with Crippen LogP contribution in [0.2, 0.25) is 0 Å². The van der Waals surface area contributed by atoms with Gasteiger partial charge in [-0.3, -0.25) is 9.97 Å². The molecule has 0 aliphatic carbocycles. The van der Waals surface area contributed by atoms with Gasteiger partial charge in [-0.1, -0.05) is 152 Å².